The Balaban J connectivity index is 2.07. The van der Waals surface area contributed by atoms with Crippen LogP contribution in [0.4, 0.5) is 0 Å². The fourth-order valence-corrected chi connectivity index (χ4v) is 4.37. The molecule has 1 aliphatic rings. The summed E-state index contributed by atoms with van der Waals surface area (Å²) in [6, 6.07) is 8.27. The number of rotatable bonds is 3. The van der Waals surface area contributed by atoms with Crippen molar-refractivity contribution in [1.29, 1.82) is 0 Å². The molecule has 0 atom stereocenters. The van der Waals surface area contributed by atoms with Crippen molar-refractivity contribution < 1.29 is 4.79 Å². The summed E-state index contributed by atoms with van der Waals surface area (Å²) in [5.74, 6) is 0. The maximum atomic E-state index is 11.1. The van der Waals surface area contributed by atoms with E-state index in [-0.39, 0.29) is 5.41 Å². The molecule has 0 spiro atoms. The second kappa shape index (κ2) is 6.63. The number of benzene rings is 2. The third-order valence-electron chi connectivity index (χ3n) is 5.75. The number of allylic oxidation sites excluding steroid dienone is 3. The Morgan fingerprint density at radius 2 is 1.80 bits per heavy atom. The van der Waals surface area contributed by atoms with E-state index >= 15 is 0 Å². The molecule has 3 rings (SSSR count). The van der Waals surface area contributed by atoms with Gasteiger partial charge in [-0.2, -0.15) is 0 Å². The van der Waals surface area contributed by atoms with E-state index in [9.17, 15) is 4.79 Å². The average molecular weight is 332 g/mol. The lowest BCUT2D eigenvalue weighted by Gasteiger charge is -2.33. The molecule has 0 amide bonds. The highest BCUT2D eigenvalue weighted by Gasteiger charge is 2.26. The summed E-state index contributed by atoms with van der Waals surface area (Å²) in [4.78, 5) is 11.1. The van der Waals surface area contributed by atoms with Gasteiger partial charge < -0.3 is 0 Å². The molecular formula is C24H28O. The average Bonchev–Trinajstić information content (AvgIpc) is 2.55. The van der Waals surface area contributed by atoms with E-state index in [1.54, 1.807) is 0 Å². The number of aldehydes is 1. The zero-order valence-corrected chi connectivity index (χ0v) is 16.1. The van der Waals surface area contributed by atoms with Gasteiger partial charge in [0.2, 0.25) is 0 Å². The Hall–Kier alpha value is -2.15. The zero-order valence-electron chi connectivity index (χ0n) is 16.1. The van der Waals surface area contributed by atoms with Gasteiger partial charge in [0.05, 0.1) is 0 Å². The third-order valence-corrected chi connectivity index (χ3v) is 5.75. The van der Waals surface area contributed by atoms with Gasteiger partial charge in [-0.05, 0) is 90.6 Å². The van der Waals surface area contributed by atoms with Gasteiger partial charge in [-0.15, -0.1) is 0 Å². The van der Waals surface area contributed by atoms with Crippen molar-refractivity contribution in [2.75, 3.05) is 0 Å². The molecule has 0 fully saturated rings. The Morgan fingerprint density at radius 3 is 2.48 bits per heavy atom. The monoisotopic (exact) mass is 332 g/mol. The van der Waals surface area contributed by atoms with Gasteiger partial charge >= 0.3 is 0 Å². The lowest BCUT2D eigenvalue weighted by molar-refractivity contribution is 0.112. The molecule has 1 heteroatoms. The number of carbonyl (C=O) groups excluding carboxylic acids is 1. The Bertz CT molecular complexity index is 894. The van der Waals surface area contributed by atoms with Crippen LogP contribution < -0.4 is 0 Å². The van der Waals surface area contributed by atoms with Crippen molar-refractivity contribution in [1.82, 2.24) is 0 Å². The number of fused-ring (bicyclic) bond motifs is 1. The van der Waals surface area contributed by atoms with E-state index in [0.717, 1.165) is 17.2 Å². The summed E-state index contributed by atoms with van der Waals surface area (Å²) in [5, 5.41) is 2.41. The quantitative estimate of drug-likeness (QED) is 0.564. The second-order valence-corrected chi connectivity index (χ2v) is 8.10. The maximum absolute atomic E-state index is 11.1. The van der Waals surface area contributed by atoms with Crippen LogP contribution in [0.25, 0.3) is 16.8 Å². The molecule has 25 heavy (non-hydrogen) atoms. The summed E-state index contributed by atoms with van der Waals surface area (Å²) < 4.78 is 0. The fraction of sp³-hybridized carbons (Fsp3) is 0.375. The predicted octanol–water partition coefficient (Wildman–Crippen LogP) is 6.81. The number of aryl methyl sites for hydroxylation is 2. The van der Waals surface area contributed by atoms with Gasteiger partial charge in [-0.25, -0.2) is 0 Å². The predicted molar refractivity (Wildman–Crippen MR) is 108 cm³/mol. The highest BCUT2D eigenvalue weighted by Crippen LogP contribution is 2.41. The Kier molecular flexibility index (Phi) is 4.69. The van der Waals surface area contributed by atoms with Crippen molar-refractivity contribution in [3.05, 3.63) is 63.7 Å². The van der Waals surface area contributed by atoms with E-state index < -0.39 is 0 Å². The Labute approximate surface area is 151 Å². The van der Waals surface area contributed by atoms with Crippen LogP contribution in [-0.4, -0.2) is 6.29 Å². The molecule has 0 bridgehead atoms. The summed E-state index contributed by atoms with van der Waals surface area (Å²) in [6.45, 7) is 11.3. The molecule has 0 saturated carbocycles. The topological polar surface area (TPSA) is 17.1 Å². The Morgan fingerprint density at radius 1 is 1.04 bits per heavy atom. The summed E-state index contributed by atoms with van der Waals surface area (Å²) in [5.41, 5.74) is 7.74. The number of hydrogen-bond donors (Lipinski definition) is 0. The van der Waals surface area contributed by atoms with Crippen molar-refractivity contribution in [2.24, 2.45) is 5.41 Å². The molecule has 2 aromatic carbocycles. The highest BCUT2D eigenvalue weighted by molar-refractivity contribution is 5.95. The third kappa shape index (κ3) is 3.33. The normalized spacial score (nSPS) is 17.5. The summed E-state index contributed by atoms with van der Waals surface area (Å²) in [7, 11) is 0. The van der Waals surface area contributed by atoms with E-state index in [4.69, 9.17) is 0 Å². The van der Waals surface area contributed by atoms with Gasteiger partial charge in [0, 0.05) is 5.56 Å². The van der Waals surface area contributed by atoms with Crippen molar-refractivity contribution in [3.63, 3.8) is 0 Å². The number of carbonyl (C=O) groups is 1. The van der Waals surface area contributed by atoms with Gasteiger partial charge in [0.15, 0.2) is 0 Å². The van der Waals surface area contributed by atoms with Gasteiger partial charge in [0.25, 0.3) is 0 Å². The van der Waals surface area contributed by atoms with Crippen LogP contribution in [0.1, 0.15) is 67.1 Å². The molecule has 2 aromatic rings. The van der Waals surface area contributed by atoms with E-state index in [1.165, 1.54) is 52.5 Å². The van der Waals surface area contributed by atoms with Crippen LogP contribution in [-0.2, 0) is 0 Å². The highest BCUT2D eigenvalue weighted by atomic mass is 16.1. The molecule has 0 heterocycles. The lowest BCUT2D eigenvalue weighted by Crippen LogP contribution is -2.18. The minimum Gasteiger partial charge on any atom is -0.298 e. The maximum Gasteiger partial charge on any atom is 0.150 e. The minimum absolute atomic E-state index is 0.262. The summed E-state index contributed by atoms with van der Waals surface area (Å²) in [6.07, 6.45) is 9.30. The van der Waals surface area contributed by atoms with E-state index in [0.29, 0.717) is 0 Å². The first-order valence-corrected chi connectivity index (χ1v) is 9.21. The van der Waals surface area contributed by atoms with Crippen LogP contribution in [0.2, 0.25) is 0 Å². The molecule has 0 saturated heterocycles. The van der Waals surface area contributed by atoms with Gasteiger partial charge in [0.1, 0.15) is 6.29 Å². The molecule has 1 nitrogen and oxygen atoms in total. The van der Waals surface area contributed by atoms with Crippen LogP contribution in [0.3, 0.4) is 0 Å². The van der Waals surface area contributed by atoms with Crippen molar-refractivity contribution in [2.45, 2.75) is 53.9 Å². The van der Waals surface area contributed by atoms with E-state index in [2.05, 4.69) is 58.9 Å². The lowest BCUT2D eigenvalue weighted by atomic mass is 9.72. The standard InChI is InChI=1S/C24H28O/c1-16-7-6-12-24(4,5)22(16)11-10-20-8-9-21-14-19(15-25)13-17(2)23(21)18(20)3/h8-11,13-15H,6-7,12H2,1-5H3. The molecule has 0 aromatic heterocycles. The molecule has 0 N–H and O–H groups in total. The molecule has 130 valence electrons. The van der Waals surface area contributed by atoms with Crippen molar-refractivity contribution in [3.8, 4) is 0 Å². The fourth-order valence-electron chi connectivity index (χ4n) is 4.37. The molecule has 0 unspecified atom stereocenters. The molecule has 1 aliphatic carbocycles. The molecule has 0 aliphatic heterocycles. The SMILES string of the molecule is CC1=C(C=Cc2ccc3cc(C=O)cc(C)c3c2C)C(C)(C)CCC1. The van der Waals surface area contributed by atoms with Crippen LogP contribution in [0.15, 0.2) is 41.5 Å². The summed E-state index contributed by atoms with van der Waals surface area (Å²) >= 11 is 0. The zero-order chi connectivity index (χ0) is 18.2. The van der Waals surface area contributed by atoms with Crippen LogP contribution >= 0.6 is 0 Å². The first kappa shape index (κ1) is 17.7. The van der Waals surface area contributed by atoms with E-state index in [1.807, 2.05) is 12.1 Å². The smallest absolute Gasteiger partial charge is 0.150 e. The molecule has 0 radical (unpaired) electrons. The van der Waals surface area contributed by atoms with Gasteiger partial charge in [-0.1, -0.05) is 43.7 Å². The van der Waals surface area contributed by atoms with Gasteiger partial charge in [-0.3, -0.25) is 4.79 Å². The second-order valence-electron chi connectivity index (χ2n) is 8.10. The largest absolute Gasteiger partial charge is 0.298 e. The van der Waals surface area contributed by atoms with Crippen molar-refractivity contribution >= 4 is 23.1 Å². The number of hydrogen-bond acceptors (Lipinski definition) is 1. The first-order valence-electron chi connectivity index (χ1n) is 9.21. The van der Waals surface area contributed by atoms with Crippen LogP contribution in [0, 0.1) is 19.3 Å². The van der Waals surface area contributed by atoms with Crippen LogP contribution in [0.5, 0.6) is 0 Å². The molecular weight excluding hydrogens is 304 g/mol. The first-order chi connectivity index (χ1) is 11.8. The minimum atomic E-state index is 0.262.